The van der Waals surface area contributed by atoms with E-state index in [0.29, 0.717) is 16.9 Å². The SMILES string of the molecule is Cc1cc(N2CCc3c(c(C)nn3CC34CCC(N5CCS(=O)(=O)CC5)(CC3)CC4)C2)c2cnn(C)c2n1. The van der Waals surface area contributed by atoms with Gasteiger partial charge < -0.3 is 4.90 Å². The first-order valence-electron chi connectivity index (χ1n) is 14.2. The molecule has 0 aromatic carbocycles. The molecule has 0 spiro atoms. The van der Waals surface area contributed by atoms with Crippen LogP contribution >= 0.6 is 0 Å². The standard InChI is InChI=1S/C28H39N7O2S/c1-20-16-25(22-17-29-32(3)26(22)30-20)33-11-4-24-23(18-33)21(2)31-35(24)19-27-5-8-28(9-6-27,10-7-27)34-12-14-38(36,37)15-13-34/h16-17H,4-15,18-19H2,1-3H3. The molecular weight excluding hydrogens is 498 g/mol. The number of aryl methyl sites for hydroxylation is 3. The lowest BCUT2D eigenvalue weighted by molar-refractivity contribution is -0.0595. The summed E-state index contributed by atoms with van der Waals surface area (Å²) in [7, 11) is -0.877. The summed E-state index contributed by atoms with van der Waals surface area (Å²) >= 11 is 0. The van der Waals surface area contributed by atoms with E-state index >= 15 is 0 Å². The molecule has 5 aliphatic rings. The van der Waals surface area contributed by atoms with Crippen molar-refractivity contribution in [3.05, 3.63) is 34.9 Å². The van der Waals surface area contributed by atoms with Crippen molar-refractivity contribution in [2.75, 3.05) is 36.0 Å². The summed E-state index contributed by atoms with van der Waals surface area (Å²) in [5.41, 5.74) is 7.71. The molecule has 204 valence electrons. The minimum Gasteiger partial charge on any atom is -0.366 e. The van der Waals surface area contributed by atoms with Gasteiger partial charge in [0.1, 0.15) is 0 Å². The highest BCUT2D eigenvalue weighted by Gasteiger charge is 2.52. The second-order valence-corrected chi connectivity index (χ2v) is 14.8. The van der Waals surface area contributed by atoms with Crippen LogP contribution in [-0.2, 0) is 36.4 Å². The van der Waals surface area contributed by atoms with Gasteiger partial charge in [0.25, 0.3) is 0 Å². The van der Waals surface area contributed by atoms with E-state index in [4.69, 9.17) is 10.1 Å². The maximum absolute atomic E-state index is 12.0. The van der Waals surface area contributed by atoms with Crippen LogP contribution in [-0.4, -0.2) is 74.5 Å². The normalized spacial score (nSPS) is 29.2. The lowest BCUT2D eigenvalue weighted by Gasteiger charge is -2.58. The summed E-state index contributed by atoms with van der Waals surface area (Å²) in [6.45, 7) is 8.55. The Morgan fingerprint density at radius 3 is 2.42 bits per heavy atom. The van der Waals surface area contributed by atoms with E-state index in [2.05, 4.69) is 39.5 Å². The molecule has 1 saturated heterocycles. The van der Waals surface area contributed by atoms with Gasteiger partial charge in [0.15, 0.2) is 15.5 Å². The first-order valence-corrected chi connectivity index (χ1v) is 16.0. The third-order valence-electron chi connectivity index (χ3n) is 10.3. The summed E-state index contributed by atoms with van der Waals surface area (Å²) in [5.74, 6) is 0.669. The highest BCUT2D eigenvalue weighted by atomic mass is 32.2. The quantitative estimate of drug-likeness (QED) is 0.505. The molecular formula is C28H39N7O2S. The van der Waals surface area contributed by atoms with Gasteiger partial charge in [0.05, 0.1) is 34.5 Å². The molecule has 0 radical (unpaired) electrons. The zero-order chi connectivity index (χ0) is 26.3. The maximum atomic E-state index is 12.0. The van der Waals surface area contributed by atoms with E-state index in [1.165, 1.54) is 55.5 Å². The predicted molar refractivity (Wildman–Crippen MR) is 148 cm³/mol. The van der Waals surface area contributed by atoms with Crippen molar-refractivity contribution in [1.29, 1.82) is 0 Å². The summed E-state index contributed by atoms with van der Waals surface area (Å²) < 4.78 is 28.2. The number of hydrogen-bond donors (Lipinski definition) is 0. The highest BCUT2D eigenvalue weighted by Crippen LogP contribution is 2.55. The van der Waals surface area contributed by atoms with Crippen molar-refractivity contribution in [2.45, 2.75) is 77.4 Å². The van der Waals surface area contributed by atoms with Gasteiger partial charge >= 0.3 is 0 Å². The van der Waals surface area contributed by atoms with Crippen LogP contribution in [0.15, 0.2) is 12.3 Å². The molecule has 8 rings (SSSR count). The van der Waals surface area contributed by atoms with E-state index in [1.54, 1.807) is 0 Å². The molecule has 3 aromatic rings. The van der Waals surface area contributed by atoms with Gasteiger partial charge in [-0.3, -0.25) is 14.3 Å². The number of pyridine rings is 1. The van der Waals surface area contributed by atoms with Crippen molar-refractivity contribution in [3.63, 3.8) is 0 Å². The van der Waals surface area contributed by atoms with Gasteiger partial charge in [0, 0.05) is 68.7 Å². The Balaban J connectivity index is 1.09. The van der Waals surface area contributed by atoms with Gasteiger partial charge in [0.2, 0.25) is 0 Å². The summed E-state index contributed by atoms with van der Waals surface area (Å²) in [5, 5.41) is 10.7. The number of anilines is 1. The second-order valence-electron chi connectivity index (χ2n) is 12.5. The van der Waals surface area contributed by atoms with Gasteiger partial charge in [-0.1, -0.05) is 0 Å². The smallest absolute Gasteiger partial charge is 0.159 e. The average Bonchev–Trinajstić information content (AvgIpc) is 3.43. The molecule has 0 N–H and O–H groups in total. The van der Waals surface area contributed by atoms with Crippen LogP contribution in [0.1, 0.15) is 61.2 Å². The Morgan fingerprint density at radius 1 is 1.00 bits per heavy atom. The Labute approximate surface area is 225 Å². The summed E-state index contributed by atoms with van der Waals surface area (Å²) in [6.07, 6.45) is 10.2. The van der Waals surface area contributed by atoms with Crippen molar-refractivity contribution in [2.24, 2.45) is 12.5 Å². The molecule has 0 atom stereocenters. The number of fused-ring (bicyclic) bond motifs is 5. The molecule has 3 aromatic heterocycles. The molecule has 38 heavy (non-hydrogen) atoms. The van der Waals surface area contributed by atoms with Crippen LogP contribution in [0.3, 0.4) is 0 Å². The molecule has 0 amide bonds. The van der Waals surface area contributed by atoms with E-state index in [0.717, 1.165) is 61.6 Å². The summed E-state index contributed by atoms with van der Waals surface area (Å²) in [6, 6.07) is 2.20. The molecule has 2 aliphatic heterocycles. The first kappa shape index (κ1) is 24.6. The van der Waals surface area contributed by atoms with Crippen molar-refractivity contribution in [3.8, 4) is 0 Å². The molecule has 5 heterocycles. The van der Waals surface area contributed by atoms with Gasteiger partial charge in [-0.2, -0.15) is 10.2 Å². The number of rotatable bonds is 4. The summed E-state index contributed by atoms with van der Waals surface area (Å²) in [4.78, 5) is 9.72. The van der Waals surface area contributed by atoms with E-state index < -0.39 is 9.84 Å². The van der Waals surface area contributed by atoms with Crippen molar-refractivity contribution in [1.82, 2.24) is 29.4 Å². The fraction of sp³-hybridized carbons (Fsp3) is 0.679. The highest BCUT2D eigenvalue weighted by molar-refractivity contribution is 7.91. The third kappa shape index (κ3) is 3.89. The van der Waals surface area contributed by atoms with Crippen molar-refractivity contribution < 1.29 is 8.42 Å². The van der Waals surface area contributed by atoms with Crippen molar-refractivity contribution >= 4 is 26.6 Å². The molecule has 3 aliphatic carbocycles. The molecule has 4 fully saturated rings. The molecule has 10 heteroatoms. The second kappa shape index (κ2) is 8.52. The topological polar surface area (TPSA) is 89.2 Å². The zero-order valence-electron chi connectivity index (χ0n) is 22.9. The Morgan fingerprint density at radius 2 is 1.71 bits per heavy atom. The lowest BCUT2D eigenvalue weighted by Crippen LogP contribution is -2.60. The number of hydrogen-bond acceptors (Lipinski definition) is 7. The number of aromatic nitrogens is 5. The average molecular weight is 538 g/mol. The fourth-order valence-electron chi connectivity index (χ4n) is 7.94. The lowest BCUT2D eigenvalue weighted by atomic mass is 9.56. The minimum absolute atomic E-state index is 0.234. The van der Waals surface area contributed by atoms with E-state index in [-0.39, 0.29) is 5.54 Å². The molecule has 0 unspecified atom stereocenters. The van der Waals surface area contributed by atoms with Crippen LogP contribution in [0.5, 0.6) is 0 Å². The largest absolute Gasteiger partial charge is 0.366 e. The van der Waals surface area contributed by atoms with Crippen LogP contribution < -0.4 is 4.90 Å². The van der Waals surface area contributed by atoms with E-state index in [9.17, 15) is 8.42 Å². The van der Waals surface area contributed by atoms with Gasteiger partial charge in [-0.15, -0.1) is 0 Å². The first-order chi connectivity index (χ1) is 18.2. The van der Waals surface area contributed by atoms with E-state index in [1.807, 2.05) is 17.9 Å². The number of sulfone groups is 1. The zero-order valence-corrected chi connectivity index (χ0v) is 23.7. The molecule has 9 nitrogen and oxygen atoms in total. The minimum atomic E-state index is -2.83. The Kier molecular flexibility index (Phi) is 5.51. The molecule has 2 bridgehead atoms. The van der Waals surface area contributed by atoms with Crippen LogP contribution in [0.2, 0.25) is 0 Å². The number of nitrogens with zero attached hydrogens (tertiary/aromatic N) is 7. The Bertz CT molecular complexity index is 1480. The molecule has 3 saturated carbocycles. The van der Waals surface area contributed by atoms with Gasteiger partial charge in [-0.05, 0) is 63.9 Å². The van der Waals surface area contributed by atoms with Crippen LogP contribution in [0.25, 0.3) is 11.0 Å². The monoisotopic (exact) mass is 537 g/mol. The Hall–Kier alpha value is -2.46. The maximum Gasteiger partial charge on any atom is 0.159 e. The predicted octanol–water partition coefficient (Wildman–Crippen LogP) is 3.17. The third-order valence-corrected chi connectivity index (χ3v) is 12.0. The van der Waals surface area contributed by atoms with Crippen LogP contribution in [0.4, 0.5) is 5.69 Å². The van der Waals surface area contributed by atoms with Gasteiger partial charge in [-0.25, -0.2) is 13.4 Å². The fourth-order valence-corrected chi connectivity index (χ4v) is 9.14. The van der Waals surface area contributed by atoms with Crippen LogP contribution in [0, 0.1) is 19.3 Å².